The molecule has 2 rings (SSSR count). The molecule has 110 valence electrons. The molecule has 7 heteroatoms. The average molecular weight is 299 g/mol. The number of aliphatic hydroxyl groups is 1. The Morgan fingerprint density at radius 1 is 1.30 bits per heavy atom. The molecule has 0 unspecified atom stereocenters. The van der Waals surface area contributed by atoms with E-state index in [4.69, 9.17) is 9.84 Å². The fraction of sp³-hybridized carbons (Fsp3) is 0.308. The highest BCUT2D eigenvalue weighted by Gasteiger charge is 2.25. The normalized spacial score (nSPS) is 16.8. The lowest BCUT2D eigenvalue weighted by Crippen LogP contribution is -2.28. The van der Waals surface area contributed by atoms with Crippen LogP contribution >= 0.6 is 10.6 Å². The van der Waals surface area contributed by atoms with Crippen LogP contribution in [0, 0.1) is 0 Å². The predicted octanol–water partition coefficient (Wildman–Crippen LogP) is 1.52. The summed E-state index contributed by atoms with van der Waals surface area (Å²) in [5.41, 5.74) is 0.944. The molecule has 0 spiro atoms. The third-order valence-corrected chi connectivity index (χ3v) is 4.35. The molecule has 0 saturated carbocycles. The smallest absolute Gasteiger partial charge is 0.252 e. The van der Waals surface area contributed by atoms with Gasteiger partial charge in [-0.1, -0.05) is 6.07 Å². The molecule has 6 nitrogen and oxygen atoms in total. The monoisotopic (exact) mass is 299 g/mol. The quantitative estimate of drug-likeness (QED) is 0.597. The summed E-state index contributed by atoms with van der Waals surface area (Å²) in [5, 5.41) is 12.5. The molecule has 0 aliphatic carbocycles. The van der Waals surface area contributed by atoms with Gasteiger partial charge >= 0.3 is 0 Å². The van der Waals surface area contributed by atoms with Crippen molar-refractivity contribution in [3.05, 3.63) is 34.7 Å². The highest BCUT2D eigenvalue weighted by atomic mass is 32.3. The minimum Gasteiger partial charge on any atom is -0.394 e. The molecule has 0 saturated heterocycles. The summed E-state index contributed by atoms with van der Waals surface area (Å²) in [6.07, 6.45) is 1.56. The van der Waals surface area contributed by atoms with E-state index >= 15 is 0 Å². The Morgan fingerprint density at radius 2 is 2.10 bits per heavy atom. The summed E-state index contributed by atoms with van der Waals surface area (Å²) in [6, 6.07) is 4.86. The van der Waals surface area contributed by atoms with Crippen LogP contribution in [-0.2, 0) is 4.74 Å². The molecule has 1 heterocycles. The van der Waals surface area contributed by atoms with Crippen LogP contribution in [0.1, 0.15) is 15.9 Å². The second-order valence-corrected chi connectivity index (χ2v) is 6.10. The van der Waals surface area contributed by atoms with Crippen molar-refractivity contribution in [3.8, 4) is 0 Å². The minimum absolute atomic E-state index is 0.0528. The predicted molar refractivity (Wildman–Crippen MR) is 76.8 cm³/mol. The minimum atomic E-state index is -2.91. The lowest BCUT2D eigenvalue weighted by molar-refractivity contribution is 0.0838. The molecule has 1 amide bonds. The second kappa shape index (κ2) is 6.38. The van der Waals surface area contributed by atoms with E-state index in [1.54, 1.807) is 24.3 Å². The van der Waals surface area contributed by atoms with Crippen LogP contribution in [0.15, 0.2) is 28.5 Å². The summed E-state index contributed by atoms with van der Waals surface area (Å²) in [5.74, 6) is -0.295. The number of benzene rings is 1. The van der Waals surface area contributed by atoms with E-state index in [2.05, 4.69) is 5.32 Å². The van der Waals surface area contributed by atoms with Crippen molar-refractivity contribution < 1.29 is 23.7 Å². The maximum Gasteiger partial charge on any atom is 0.252 e. The first-order valence-corrected chi connectivity index (χ1v) is 7.73. The zero-order valence-electron chi connectivity index (χ0n) is 10.8. The van der Waals surface area contributed by atoms with Crippen molar-refractivity contribution in [3.63, 3.8) is 0 Å². The highest BCUT2D eigenvalue weighted by Crippen LogP contribution is 2.56. The Bertz CT molecular complexity index is 529. The largest absolute Gasteiger partial charge is 0.394 e. The first kappa shape index (κ1) is 15.0. The van der Waals surface area contributed by atoms with E-state index in [9.17, 15) is 13.9 Å². The van der Waals surface area contributed by atoms with Crippen molar-refractivity contribution in [2.45, 2.75) is 4.90 Å². The molecule has 20 heavy (non-hydrogen) atoms. The molecule has 1 aliphatic rings. The third-order valence-electron chi connectivity index (χ3n) is 2.83. The van der Waals surface area contributed by atoms with Crippen LogP contribution in [0.5, 0.6) is 0 Å². The van der Waals surface area contributed by atoms with E-state index < -0.39 is 10.6 Å². The molecule has 0 bridgehead atoms. The number of hydrogen-bond acceptors (Lipinski definition) is 5. The van der Waals surface area contributed by atoms with Gasteiger partial charge in [0, 0.05) is 23.1 Å². The standard InChI is InChI=1S/C13H17NO5S/c15-6-8-19-7-5-14-13(16)11-2-1-3-12-10(11)4-9-20(12,17)18/h1-4,9,15,17-18H,5-8H2,(H,14,16). The van der Waals surface area contributed by atoms with Gasteiger partial charge in [-0.3, -0.25) is 13.9 Å². The third kappa shape index (κ3) is 3.20. The van der Waals surface area contributed by atoms with Crippen molar-refractivity contribution in [1.82, 2.24) is 5.32 Å². The second-order valence-electron chi connectivity index (χ2n) is 4.20. The topological polar surface area (TPSA) is 99.0 Å². The molecule has 1 aliphatic heterocycles. The van der Waals surface area contributed by atoms with Crippen molar-refractivity contribution in [2.75, 3.05) is 26.4 Å². The number of nitrogens with one attached hydrogen (secondary N) is 1. The van der Waals surface area contributed by atoms with Crippen LogP contribution in [0.2, 0.25) is 0 Å². The number of ether oxygens (including phenoxy) is 1. The zero-order valence-corrected chi connectivity index (χ0v) is 11.6. The summed E-state index contributed by atoms with van der Waals surface area (Å²) in [7, 11) is -2.91. The Labute approximate surface area is 118 Å². The van der Waals surface area contributed by atoms with Crippen LogP contribution < -0.4 is 5.32 Å². The van der Waals surface area contributed by atoms with E-state index in [0.29, 0.717) is 29.2 Å². The summed E-state index contributed by atoms with van der Waals surface area (Å²) in [4.78, 5) is 12.4. The molecule has 1 aromatic rings. The van der Waals surface area contributed by atoms with E-state index in [1.165, 1.54) is 5.41 Å². The first-order valence-electron chi connectivity index (χ1n) is 6.12. The Kier molecular flexibility index (Phi) is 4.79. The van der Waals surface area contributed by atoms with Gasteiger partial charge in [-0.05, 0) is 18.2 Å². The molecular formula is C13H17NO5S. The van der Waals surface area contributed by atoms with Crippen molar-refractivity contribution in [1.29, 1.82) is 0 Å². The van der Waals surface area contributed by atoms with Gasteiger partial charge in [-0.15, -0.1) is 10.6 Å². The van der Waals surface area contributed by atoms with Crippen LogP contribution in [0.4, 0.5) is 0 Å². The van der Waals surface area contributed by atoms with Crippen LogP contribution in [0.3, 0.4) is 0 Å². The van der Waals surface area contributed by atoms with Gasteiger partial charge in [0.2, 0.25) is 0 Å². The number of fused-ring (bicyclic) bond motifs is 1. The SMILES string of the molecule is O=C(NCCOCCO)c1cccc2c1C=CS2(O)O. The van der Waals surface area contributed by atoms with Gasteiger partial charge in [0.05, 0.1) is 24.7 Å². The maximum absolute atomic E-state index is 12.0. The Morgan fingerprint density at radius 3 is 2.85 bits per heavy atom. The number of carbonyl (C=O) groups excluding carboxylic acids is 1. The number of amides is 1. The molecule has 1 aromatic carbocycles. The van der Waals surface area contributed by atoms with Crippen LogP contribution in [0.25, 0.3) is 6.08 Å². The Hall–Kier alpha value is -1.38. The number of rotatable bonds is 6. The van der Waals surface area contributed by atoms with Crippen LogP contribution in [-0.4, -0.2) is 46.5 Å². The average Bonchev–Trinajstić information content (AvgIpc) is 2.74. The van der Waals surface area contributed by atoms with Gasteiger partial charge < -0.3 is 15.2 Å². The molecule has 0 aromatic heterocycles. The van der Waals surface area contributed by atoms with Crippen molar-refractivity contribution >= 4 is 22.6 Å². The highest BCUT2D eigenvalue weighted by molar-refractivity contribution is 8.27. The molecular weight excluding hydrogens is 282 g/mol. The first-order chi connectivity index (χ1) is 9.56. The van der Waals surface area contributed by atoms with Crippen molar-refractivity contribution in [2.24, 2.45) is 0 Å². The summed E-state index contributed by atoms with van der Waals surface area (Å²) >= 11 is 0. The lowest BCUT2D eigenvalue weighted by Gasteiger charge is -2.25. The lowest BCUT2D eigenvalue weighted by atomic mass is 10.1. The van der Waals surface area contributed by atoms with Gasteiger partial charge in [-0.25, -0.2) is 0 Å². The van der Waals surface area contributed by atoms with Gasteiger partial charge in [0.15, 0.2) is 0 Å². The number of aliphatic hydroxyl groups excluding tert-OH is 1. The maximum atomic E-state index is 12.0. The fourth-order valence-corrected chi connectivity index (χ4v) is 3.16. The molecule has 0 atom stereocenters. The number of hydrogen-bond donors (Lipinski definition) is 4. The molecule has 0 radical (unpaired) electrons. The van der Waals surface area contributed by atoms with Gasteiger partial charge in [-0.2, -0.15) is 0 Å². The van der Waals surface area contributed by atoms with Gasteiger partial charge in [0.1, 0.15) is 0 Å². The molecule has 4 N–H and O–H groups in total. The fourth-order valence-electron chi connectivity index (χ4n) is 1.91. The Balaban J connectivity index is 2.02. The van der Waals surface area contributed by atoms with E-state index in [1.807, 2.05) is 0 Å². The molecule has 0 fully saturated rings. The number of carbonyl (C=O) groups is 1. The van der Waals surface area contributed by atoms with Gasteiger partial charge in [0.25, 0.3) is 5.91 Å². The summed E-state index contributed by atoms with van der Waals surface area (Å²) < 4.78 is 24.6. The summed E-state index contributed by atoms with van der Waals surface area (Å²) in [6.45, 7) is 0.817. The van der Waals surface area contributed by atoms with E-state index in [0.717, 1.165) is 0 Å². The zero-order chi connectivity index (χ0) is 14.6. The van der Waals surface area contributed by atoms with E-state index in [-0.39, 0.29) is 19.1 Å².